The molecule has 7 heteroatoms. The van der Waals surface area contributed by atoms with Crippen LogP contribution < -0.4 is 10.1 Å². The number of hydrogen-bond acceptors (Lipinski definition) is 5. The number of ether oxygens (including phenoxy) is 1. The second-order valence-electron chi connectivity index (χ2n) is 7.01. The summed E-state index contributed by atoms with van der Waals surface area (Å²) >= 11 is 0. The maximum Gasteiger partial charge on any atom is 0.260 e. The molecule has 0 atom stereocenters. The third kappa shape index (κ3) is 5.42. The molecule has 1 aromatic heterocycles. The molecule has 1 saturated heterocycles. The first-order valence-corrected chi connectivity index (χ1v) is 9.55. The summed E-state index contributed by atoms with van der Waals surface area (Å²) in [6.45, 7) is 6.67. The largest absolute Gasteiger partial charge is 0.468 e. The van der Waals surface area contributed by atoms with Crippen molar-refractivity contribution in [2.45, 2.75) is 32.6 Å². The number of carbonyl (C=O) groups is 2. The Balaban J connectivity index is 1.38. The van der Waals surface area contributed by atoms with Crippen LogP contribution in [0.15, 0.2) is 18.3 Å². The van der Waals surface area contributed by atoms with Gasteiger partial charge in [-0.15, -0.1) is 0 Å². The van der Waals surface area contributed by atoms with Crippen LogP contribution in [0, 0.1) is 5.92 Å². The van der Waals surface area contributed by atoms with Crippen LogP contribution in [0.4, 0.5) is 5.69 Å². The molecule has 1 aromatic rings. The minimum atomic E-state index is -0.00643. The van der Waals surface area contributed by atoms with Gasteiger partial charge in [0.1, 0.15) is 0 Å². The maximum absolute atomic E-state index is 12.3. The van der Waals surface area contributed by atoms with E-state index in [1.54, 1.807) is 18.3 Å². The van der Waals surface area contributed by atoms with E-state index in [4.69, 9.17) is 4.74 Å². The number of nitrogens with one attached hydrogen (secondary N) is 1. The highest BCUT2D eigenvalue weighted by molar-refractivity contribution is 5.93. The molecule has 1 saturated carbocycles. The highest BCUT2D eigenvalue weighted by atomic mass is 16.5. The molecule has 3 rings (SSSR count). The zero-order chi connectivity index (χ0) is 18.4. The summed E-state index contributed by atoms with van der Waals surface area (Å²) in [6, 6.07) is 3.43. The van der Waals surface area contributed by atoms with E-state index in [0.717, 1.165) is 45.6 Å². The second kappa shape index (κ2) is 8.98. The molecule has 2 amide bonds. The first-order valence-electron chi connectivity index (χ1n) is 9.55. The van der Waals surface area contributed by atoms with E-state index in [-0.39, 0.29) is 24.3 Å². The third-order valence-electron chi connectivity index (χ3n) is 4.85. The first kappa shape index (κ1) is 18.6. The Morgan fingerprint density at radius 3 is 2.62 bits per heavy atom. The van der Waals surface area contributed by atoms with Gasteiger partial charge in [-0.25, -0.2) is 4.98 Å². The quantitative estimate of drug-likeness (QED) is 0.764. The molecule has 2 aliphatic rings. The molecule has 0 unspecified atom stereocenters. The molecule has 1 aliphatic carbocycles. The highest BCUT2D eigenvalue weighted by Gasteiger charge is 2.29. The predicted molar refractivity (Wildman–Crippen MR) is 99.0 cm³/mol. The van der Waals surface area contributed by atoms with Gasteiger partial charge in [0.2, 0.25) is 11.8 Å². The Morgan fingerprint density at radius 1 is 1.23 bits per heavy atom. The molecule has 0 aromatic carbocycles. The van der Waals surface area contributed by atoms with Gasteiger partial charge in [0.25, 0.3) is 5.91 Å². The van der Waals surface area contributed by atoms with Crippen LogP contribution in [0.3, 0.4) is 0 Å². The van der Waals surface area contributed by atoms with Crippen molar-refractivity contribution in [3.8, 4) is 5.88 Å². The van der Waals surface area contributed by atoms with Gasteiger partial charge in [0.05, 0.1) is 11.9 Å². The molecule has 0 bridgehead atoms. The van der Waals surface area contributed by atoms with E-state index in [2.05, 4.69) is 22.1 Å². The molecule has 142 valence electrons. The summed E-state index contributed by atoms with van der Waals surface area (Å²) < 4.78 is 5.50. The van der Waals surface area contributed by atoms with Crippen molar-refractivity contribution in [2.24, 2.45) is 5.92 Å². The van der Waals surface area contributed by atoms with Gasteiger partial charge in [0, 0.05) is 38.2 Å². The molecule has 2 heterocycles. The Hall–Kier alpha value is -2.15. The van der Waals surface area contributed by atoms with Crippen molar-refractivity contribution in [1.82, 2.24) is 14.8 Å². The summed E-state index contributed by atoms with van der Waals surface area (Å²) in [5, 5.41) is 2.83. The maximum atomic E-state index is 12.3. The van der Waals surface area contributed by atoms with E-state index >= 15 is 0 Å². The lowest BCUT2D eigenvalue weighted by molar-refractivity contribution is -0.135. The van der Waals surface area contributed by atoms with Crippen molar-refractivity contribution in [2.75, 3.05) is 44.6 Å². The Morgan fingerprint density at radius 2 is 2.00 bits per heavy atom. The number of amides is 2. The number of unbranched alkanes of at least 4 members (excludes halogenated alkanes) is 1. The van der Waals surface area contributed by atoms with Crippen molar-refractivity contribution >= 4 is 17.5 Å². The Labute approximate surface area is 154 Å². The Bertz CT molecular complexity index is 608. The molecule has 0 spiro atoms. The van der Waals surface area contributed by atoms with E-state index in [1.807, 2.05) is 4.90 Å². The zero-order valence-electron chi connectivity index (χ0n) is 15.4. The van der Waals surface area contributed by atoms with Crippen LogP contribution in [-0.2, 0) is 9.59 Å². The summed E-state index contributed by atoms with van der Waals surface area (Å²) in [6.07, 6.45) is 5.90. The fraction of sp³-hybridized carbons (Fsp3) is 0.632. The van der Waals surface area contributed by atoms with Gasteiger partial charge in [-0.2, -0.15) is 0 Å². The lowest BCUT2D eigenvalue weighted by Crippen LogP contribution is -2.50. The zero-order valence-corrected chi connectivity index (χ0v) is 15.4. The standard InChI is InChI=1S/C19H28N4O3/c1-2-3-8-22-9-11-23(12-10-22)18(24)14-26-17-7-6-16(13-20-17)21-19(25)15-4-5-15/h6-7,13,15H,2-5,8-12,14H2,1H3,(H,21,25). The number of pyridine rings is 1. The molecule has 1 aliphatic heterocycles. The number of hydrogen-bond donors (Lipinski definition) is 1. The van der Waals surface area contributed by atoms with Crippen molar-refractivity contribution < 1.29 is 14.3 Å². The summed E-state index contributed by atoms with van der Waals surface area (Å²) in [7, 11) is 0. The van der Waals surface area contributed by atoms with Crippen LogP contribution in [0.2, 0.25) is 0 Å². The fourth-order valence-electron chi connectivity index (χ4n) is 2.96. The van der Waals surface area contributed by atoms with Crippen molar-refractivity contribution in [3.05, 3.63) is 18.3 Å². The van der Waals surface area contributed by atoms with E-state index in [9.17, 15) is 9.59 Å². The van der Waals surface area contributed by atoms with Crippen molar-refractivity contribution in [1.29, 1.82) is 0 Å². The number of anilines is 1. The van der Waals surface area contributed by atoms with Gasteiger partial charge >= 0.3 is 0 Å². The molecule has 1 N–H and O–H groups in total. The first-order chi connectivity index (χ1) is 12.7. The smallest absolute Gasteiger partial charge is 0.260 e. The minimum absolute atomic E-state index is 0.00423. The van der Waals surface area contributed by atoms with Crippen LogP contribution in [0.25, 0.3) is 0 Å². The second-order valence-corrected chi connectivity index (χ2v) is 7.01. The fourth-order valence-corrected chi connectivity index (χ4v) is 2.96. The SMILES string of the molecule is CCCCN1CCN(C(=O)COc2ccc(NC(=O)C3CC3)cn2)CC1. The van der Waals surface area contributed by atoms with Crippen LogP contribution in [0.1, 0.15) is 32.6 Å². The van der Waals surface area contributed by atoms with Gasteiger partial charge in [-0.3, -0.25) is 14.5 Å². The molecular formula is C19H28N4O3. The lowest BCUT2D eigenvalue weighted by Gasteiger charge is -2.34. The summed E-state index contributed by atoms with van der Waals surface area (Å²) in [5.41, 5.74) is 0.656. The number of piperazine rings is 1. The van der Waals surface area contributed by atoms with E-state index in [0.29, 0.717) is 11.6 Å². The van der Waals surface area contributed by atoms with Gasteiger partial charge in [-0.05, 0) is 31.9 Å². The van der Waals surface area contributed by atoms with Crippen LogP contribution in [0.5, 0.6) is 5.88 Å². The number of nitrogens with zero attached hydrogens (tertiary/aromatic N) is 3. The summed E-state index contributed by atoms with van der Waals surface area (Å²) in [4.78, 5) is 32.4. The molecular weight excluding hydrogens is 332 g/mol. The normalized spacial score (nSPS) is 17.8. The van der Waals surface area contributed by atoms with E-state index in [1.165, 1.54) is 12.8 Å². The number of aromatic nitrogens is 1. The number of carbonyl (C=O) groups excluding carboxylic acids is 2. The highest BCUT2D eigenvalue weighted by Crippen LogP contribution is 2.30. The van der Waals surface area contributed by atoms with Gasteiger partial charge in [-0.1, -0.05) is 13.3 Å². The molecule has 2 fully saturated rings. The average Bonchev–Trinajstić information content (AvgIpc) is 3.51. The third-order valence-corrected chi connectivity index (χ3v) is 4.85. The summed E-state index contributed by atoms with van der Waals surface area (Å²) in [5.74, 6) is 0.595. The average molecular weight is 360 g/mol. The molecule has 26 heavy (non-hydrogen) atoms. The number of rotatable bonds is 8. The van der Waals surface area contributed by atoms with Gasteiger partial charge in [0.15, 0.2) is 6.61 Å². The van der Waals surface area contributed by atoms with Crippen molar-refractivity contribution in [3.63, 3.8) is 0 Å². The monoisotopic (exact) mass is 360 g/mol. The van der Waals surface area contributed by atoms with Crippen LogP contribution >= 0.6 is 0 Å². The van der Waals surface area contributed by atoms with Gasteiger partial charge < -0.3 is 15.0 Å². The lowest BCUT2D eigenvalue weighted by atomic mass is 10.2. The van der Waals surface area contributed by atoms with Crippen LogP contribution in [-0.4, -0.2) is 65.9 Å². The molecule has 7 nitrogen and oxygen atoms in total. The van der Waals surface area contributed by atoms with E-state index < -0.39 is 0 Å². The predicted octanol–water partition coefficient (Wildman–Crippen LogP) is 1.75. The molecule has 0 radical (unpaired) electrons. The Kier molecular flexibility index (Phi) is 6.44. The minimum Gasteiger partial charge on any atom is -0.468 e. The topological polar surface area (TPSA) is 74.8 Å².